The number of benzene rings is 1. The summed E-state index contributed by atoms with van der Waals surface area (Å²) in [4.78, 5) is 35.8. The molecule has 0 aliphatic heterocycles. The highest BCUT2D eigenvalue weighted by Gasteiger charge is 2.26. The lowest BCUT2D eigenvalue weighted by Crippen LogP contribution is -2.21. The van der Waals surface area contributed by atoms with Crippen LogP contribution in [0.25, 0.3) is 0 Å². The lowest BCUT2D eigenvalue weighted by Gasteiger charge is -2.09. The van der Waals surface area contributed by atoms with Crippen LogP contribution in [0.4, 0.5) is 13.8 Å². The Morgan fingerprint density at radius 1 is 1.22 bits per heavy atom. The van der Waals surface area contributed by atoms with E-state index in [0.29, 0.717) is 0 Å². The molecule has 1 aromatic carbocycles. The molecule has 1 heterocycles. The van der Waals surface area contributed by atoms with Gasteiger partial charge in [-0.3, -0.25) is 9.59 Å². The van der Waals surface area contributed by atoms with Gasteiger partial charge in [0, 0.05) is 0 Å². The highest BCUT2D eigenvalue weighted by Crippen LogP contribution is 2.33. The van der Waals surface area contributed by atoms with Gasteiger partial charge >= 0.3 is 5.97 Å². The van der Waals surface area contributed by atoms with E-state index in [0.717, 1.165) is 29.5 Å². The monoisotopic (exact) mass is 398 g/mol. The smallest absolute Gasteiger partial charge is 0.341 e. The molecule has 7 nitrogen and oxygen atoms in total. The molecule has 0 saturated carbocycles. The average molecular weight is 398 g/mol. The van der Waals surface area contributed by atoms with Crippen LogP contribution in [0.2, 0.25) is 0 Å². The summed E-state index contributed by atoms with van der Waals surface area (Å²) in [7, 11) is 0. The van der Waals surface area contributed by atoms with E-state index >= 15 is 0 Å². The maximum Gasteiger partial charge on any atom is 0.341 e. The molecule has 0 aliphatic rings. The summed E-state index contributed by atoms with van der Waals surface area (Å²) in [6, 6.07) is 3.12. The second-order valence-electron chi connectivity index (χ2n) is 5.23. The van der Waals surface area contributed by atoms with E-state index < -0.39 is 41.8 Å². The van der Waals surface area contributed by atoms with Crippen LogP contribution in [0.5, 0.6) is 5.75 Å². The van der Waals surface area contributed by atoms with Crippen molar-refractivity contribution in [2.75, 3.05) is 18.5 Å². The maximum absolute atomic E-state index is 13.5. The van der Waals surface area contributed by atoms with Crippen molar-refractivity contribution < 1.29 is 32.6 Å². The van der Waals surface area contributed by atoms with Crippen molar-refractivity contribution in [3.63, 3.8) is 0 Å². The van der Waals surface area contributed by atoms with Gasteiger partial charge in [0.25, 0.3) is 11.8 Å². The van der Waals surface area contributed by atoms with Gasteiger partial charge in [-0.15, -0.1) is 11.3 Å². The number of thiophene rings is 1. The van der Waals surface area contributed by atoms with E-state index in [9.17, 15) is 23.2 Å². The Hall–Kier alpha value is -3.01. The van der Waals surface area contributed by atoms with Crippen molar-refractivity contribution in [1.29, 1.82) is 0 Å². The maximum atomic E-state index is 13.5. The van der Waals surface area contributed by atoms with Crippen molar-refractivity contribution in [2.45, 2.75) is 13.8 Å². The van der Waals surface area contributed by atoms with Crippen LogP contribution in [-0.2, 0) is 9.53 Å². The summed E-state index contributed by atoms with van der Waals surface area (Å²) in [5.74, 6) is -4.92. The van der Waals surface area contributed by atoms with Crippen molar-refractivity contribution in [1.82, 2.24) is 0 Å². The van der Waals surface area contributed by atoms with Crippen LogP contribution < -0.4 is 15.8 Å². The minimum Gasteiger partial charge on any atom is -0.478 e. The first-order valence-electron chi connectivity index (χ1n) is 7.73. The van der Waals surface area contributed by atoms with E-state index in [1.165, 1.54) is 6.92 Å². The van der Waals surface area contributed by atoms with Gasteiger partial charge < -0.3 is 20.5 Å². The molecule has 3 N–H and O–H groups in total. The molecule has 2 rings (SSSR count). The first-order chi connectivity index (χ1) is 12.8. The number of amides is 2. The van der Waals surface area contributed by atoms with E-state index in [1.807, 2.05) is 0 Å². The Morgan fingerprint density at radius 3 is 2.41 bits per heavy atom. The fourth-order valence-corrected chi connectivity index (χ4v) is 3.27. The highest BCUT2D eigenvalue weighted by atomic mass is 32.1. The lowest BCUT2D eigenvalue weighted by atomic mass is 10.1. The summed E-state index contributed by atoms with van der Waals surface area (Å²) in [6.45, 7) is 2.46. The van der Waals surface area contributed by atoms with Crippen molar-refractivity contribution in [3.8, 4) is 5.75 Å². The molecule has 144 valence electrons. The van der Waals surface area contributed by atoms with Crippen LogP contribution in [0.1, 0.15) is 32.5 Å². The number of anilines is 1. The Morgan fingerprint density at radius 2 is 1.85 bits per heavy atom. The van der Waals surface area contributed by atoms with Crippen LogP contribution in [0, 0.1) is 18.6 Å². The molecule has 1 aromatic heterocycles. The number of nitrogens with two attached hydrogens (primary N) is 1. The zero-order valence-electron chi connectivity index (χ0n) is 14.4. The highest BCUT2D eigenvalue weighted by molar-refractivity contribution is 7.18. The van der Waals surface area contributed by atoms with Gasteiger partial charge in [0.15, 0.2) is 24.0 Å². The first-order valence-corrected chi connectivity index (χ1v) is 8.54. The number of rotatable bonds is 7. The zero-order valence-corrected chi connectivity index (χ0v) is 15.2. The fourth-order valence-electron chi connectivity index (χ4n) is 2.21. The Bertz CT molecular complexity index is 877. The molecule has 2 amide bonds. The molecule has 0 bridgehead atoms. The van der Waals surface area contributed by atoms with Crippen molar-refractivity contribution >= 4 is 34.1 Å². The second-order valence-corrected chi connectivity index (χ2v) is 6.25. The Kier molecular flexibility index (Phi) is 6.45. The van der Waals surface area contributed by atoms with E-state index in [-0.39, 0.29) is 27.6 Å². The minimum absolute atomic E-state index is 0.0129. The largest absolute Gasteiger partial charge is 0.478 e. The predicted octanol–water partition coefficient (Wildman–Crippen LogP) is 2.63. The number of carbonyl (C=O) groups excluding carboxylic acids is 3. The number of nitrogens with one attached hydrogen (secondary N) is 1. The molecule has 0 unspecified atom stereocenters. The van der Waals surface area contributed by atoms with Crippen molar-refractivity contribution in [3.05, 3.63) is 45.8 Å². The normalized spacial score (nSPS) is 10.4. The van der Waals surface area contributed by atoms with Gasteiger partial charge in [0.2, 0.25) is 0 Å². The van der Waals surface area contributed by atoms with Crippen LogP contribution in [0.3, 0.4) is 0 Å². The number of primary amides is 1. The number of halogens is 2. The third-order valence-electron chi connectivity index (χ3n) is 3.37. The predicted molar refractivity (Wildman–Crippen MR) is 94.0 cm³/mol. The molecule has 0 aliphatic carbocycles. The topological polar surface area (TPSA) is 108 Å². The van der Waals surface area contributed by atoms with Gasteiger partial charge in [0.1, 0.15) is 5.00 Å². The molecule has 27 heavy (non-hydrogen) atoms. The van der Waals surface area contributed by atoms with Crippen LogP contribution in [0.15, 0.2) is 18.2 Å². The third-order valence-corrected chi connectivity index (χ3v) is 4.59. The van der Waals surface area contributed by atoms with Gasteiger partial charge in [-0.25, -0.2) is 13.6 Å². The van der Waals surface area contributed by atoms with Gasteiger partial charge in [0.05, 0.1) is 17.0 Å². The quantitative estimate of drug-likeness (QED) is 0.697. The number of ether oxygens (including phenoxy) is 2. The van der Waals surface area contributed by atoms with Crippen LogP contribution in [-0.4, -0.2) is 31.0 Å². The average Bonchev–Trinajstić information content (AvgIpc) is 2.91. The molecule has 10 heteroatoms. The molecule has 0 saturated heterocycles. The molecule has 0 radical (unpaired) electrons. The summed E-state index contributed by atoms with van der Waals surface area (Å²) in [5, 5.41) is 2.41. The van der Waals surface area contributed by atoms with Gasteiger partial charge in [-0.2, -0.15) is 0 Å². The van der Waals surface area contributed by atoms with Gasteiger partial charge in [-0.05, 0) is 31.5 Å². The van der Waals surface area contributed by atoms with E-state index in [1.54, 1.807) is 6.92 Å². The van der Waals surface area contributed by atoms with Crippen molar-refractivity contribution in [2.24, 2.45) is 5.73 Å². The van der Waals surface area contributed by atoms with Crippen LogP contribution >= 0.6 is 11.3 Å². The molecule has 0 atom stereocenters. The molecular weight excluding hydrogens is 382 g/mol. The molecule has 0 fully saturated rings. The molecule has 2 aromatic rings. The zero-order chi connectivity index (χ0) is 20.1. The van der Waals surface area contributed by atoms with E-state index in [2.05, 4.69) is 5.32 Å². The van der Waals surface area contributed by atoms with Gasteiger partial charge in [-0.1, -0.05) is 6.07 Å². The summed E-state index contributed by atoms with van der Waals surface area (Å²) in [6.07, 6.45) is 0. The lowest BCUT2D eigenvalue weighted by molar-refractivity contribution is -0.118. The Labute approximate surface area is 157 Å². The second kappa shape index (κ2) is 8.58. The molecule has 0 spiro atoms. The number of carbonyl (C=O) groups is 3. The third kappa shape index (κ3) is 4.59. The minimum atomic E-state index is -0.960. The number of hydrogen-bond acceptors (Lipinski definition) is 6. The number of esters is 1. The SMILES string of the molecule is CCOC(=O)c1c(NC(=O)COc2c(F)cccc2F)sc(C(N)=O)c1C. The summed E-state index contributed by atoms with van der Waals surface area (Å²) < 4.78 is 36.8. The fraction of sp³-hybridized carbons (Fsp3) is 0.235. The summed E-state index contributed by atoms with van der Waals surface area (Å²) in [5.41, 5.74) is 5.52. The number of hydrogen-bond donors (Lipinski definition) is 2. The molecular formula is C17H16F2N2O5S. The first kappa shape index (κ1) is 20.3. The summed E-state index contributed by atoms with van der Waals surface area (Å²) >= 11 is 0.794. The Balaban J connectivity index is 2.20. The number of para-hydroxylation sites is 1. The van der Waals surface area contributed by atoms with E-state index in [4.69, 9.17) is 15.2 Å². The standard InChI is InChI=1S/C17H16F2N2O5S/c1-3-25-17(24)12-8(2)14(15(20)23)27-16(12)21-11(22)7-26-13-9(18)5-4-6-10(13)19/h4-6H,3,7H2,1-2H3,(H2,20,23)(H,21,22).